The molecule has 2 unspecified atom stereocenters. The molecule has 0 aromatic carbocycles. The molecule has 0 heterocycles. The first kappa shape index (κ1) is 8.25. The highest BCUT2D eigenvalue weighted by Crippen LogP contribution is 2.28. The van der Waals surface area contributed by atoms with E-state index in [0.717, 1.165) is 25.2 Å². The quantitative estimate of drug-likeness (QED) is 0.601. The number of carbonyl (C=O) groups excluding carboxylic acids is 1. The molecule has 0 radical (unpaired) electrons. The number of ketones is 1. The Hall–Kier alpha value is 0.150. The highest BCUT2D eigenvalue weighted by Gasteiger charge is 2.24. The lowest BCUT2D eigenvalue weighted by atomic mass is 9.87. The van der Waals surface area contributed by atoms with Gasteiger partial charge in [-0.15, -0.1) is 0 Å². The Kier molecular flexibility index (Phi) is 2.90. The molecular formula is C8H13BrO. The predicted molar refractivity (Wildman–Crippen MR) is 45.4 cm³/mol. The molecule has 0 aromatic heterocycles. The number of alkyl halides is 1. The molecule has 0 spiro atoms. The Morgan fingerprint density at radius 3 is 2.90 bits per heavy atom. The smallest absolute Gasteiger partial charge is 0.146 e. The minimum Gasteiger partial charge on any atom is -0.298 e. The van der Waals surface area contributed by atoms with Gasteiger partial charge in [-0.1, -0.05) is 29.3 Å². The first-order valence-electron chi connectivity index (χ1n) is 3.90. The van der Waals surface area contributed by atoms with Crippen LogP contribution in [0.25, 0.3) is 0 Å². The molecule has 1 nitrogen and oxygen atoms in total. The number of halogens is 1. The fourth-order valence-corrected chi connectivity index (χ4v) is 2.17. The Morgan fingerprint density at radius 2 is 2.40 bits per heavy atom. The van der Waals surface area contributed by atoms with Gasteiger partial charge in [0, 0.05) is 6.42 Å². The second-order valence-electron chi connectivity index (χ2n) is 2.98. The van der Waals surface area contributed by atoms with Gasteiger partial charge in [-0.05, 0) is 18.8 Å². The van der Waals surface area contributed by atoms with E-state index in [2.05, 4.69) is 22.9 Å². The first-order valence-corrected chi connectivity index (χ1v) is 4.82. The summed E-state index contributed by atoms with van der Waals surface area (Å²) in [6.07, 6.45) is 4.16. The minimum absolute atomic E-state index is 0.159. The zero-order valence-electron chi connectivity index (χ0n) is 6.27. The molecule has 0 aliphatic heterocycles. The molecule has 2 heteroatoms. The van der Waals surface area contributed by atoms with Crippen molar-refractivity contribution < 1.29 is 4.79 Å². The van der Waals surface area contributed by atoms with E-state index in [-0.39, 0.29) is 4.83 Å². The number of rotatable bonds is 1. The fraction of sp³-hybridized carbons (Fsp3) is 0.875. The standard InChI is InChI=1S/C8H13BrO/c1-2-6-3-4-8(10)7(9)5-6/h6-7H,2-5H2,1H3. The van der Waals surface area contributed by atoms with E-state index >= 15 is 0 Å². The predicted octanol–water partition coefficient (Wildman–Crippen LogP) is 2.53. The molecule has 0 N–H and O–H groups in total. The van der Waals surface area contributed by atoms with Gasteiger partial charge in [-0.3, -0.25) is 4.79 Å². The molecule has 1 fully saturated rings. The van der Waals surface area contributed by atoms with Gasteiger partial charge in [0.15, 0.2) is 0 Å². The third-order valence-corrected chi connectivity index (χ3v) is 3.15. The summed E-state index contributed by atoms with van der Waals surface area (Å²) >= 11 is 3.39. The van der Waals surface area contributed by atoms with Crippen LogP contribution >= 0.6 is 15.9 Å². The number of hydrogen-bond donors (Lipinski definition) is 0. The van der Waals surface area contributed by atoms with Crippen LogP contribution in [0.4, 0.5) is 0 Å². The highest BCUT2D eigenvalue weighted by molar-refractivity contribution is 9.10. The van der Waals surface area contributed by atoms with Crippen molar-refractivity contribution in [3.05, 3.63) is 0 Å². The van der Waals surface area contributed by atoms with Crippen LogP contribution in [0, 0.1) is 5.92 Å². The lowest BCUT2D eigenvalue weighted by Crippen LogP contribution is -2.24. The van der Waals surface area contributed by atoms with Crippen LogP contribution in [-0.2, 0) is 4.79 Å². The Labute approximate surface area is 70.3 Å². The van der Waals surface area contributed by atoms with Gasteiger partial charge in [-0.2, -0.15) is 0 Å². The maximum absolute atomic E-state index is 11.0. The first-order chi connectivity index (χ1) is 4.74. The summed E-state index contributed by atoms with van der Waals surface area (Å²) in [6.45, 7) is 2.19. The third kappa shape index (κ3) is 1.82. The second-order valence-corrected chi connectivity index (χ2v) is 4.09. The molecule has 1 rings (SSSR count). The van der Waals surface area contributed by atoms with Gasteiger partial charge in [0.1, 0.15) is 5.78 Å². The van der Waals surface area contributed by atoms with Crippen molar-refractivity contribution in [2.24, 2.45) is 5.92 Å². The fourth-order valence-electron chi connectivity index (χ4n) is 1.42. The summed E-state index contributed by atoms with van der Waals surface area (Å²) < 4.78 is 0. The number of Topliss-reactive ketones (excluding diaryl/α,β-unsaturated/α-hetero) is 1. The number of hydrogen-bond acceptors (Lipinski definition) is 1. The minimum atomic E-state index is 0.159. The van der Waals surface area contributed by atoms with E-state index in [1.165, 1.54) is 6.42 Å². The van der Waals surface area contributed by atoms with Gasteiger partial charge in [0.25, 0.3) is 0 Å². The molecule has 0 amide bonds. The van der Waals surface area contributed by atoms with E-state index in [1.54, 1.807) is 0 Å². The van der Waals surface area contributed by atoms with Crippen LogP contribution in [-0.4, -0.2) is 10.6 Å². The summed E-state index contributed by atoms with van der Waals surface area (Å²) in [7, 11) is 0. The van der Waals surface area contributed by atoms with Crippen molar-refractivity contribution in [2.75, 3.05) is 0 Å². The van der Waals surface area contributed by atoms with E-state index in [4.69, 9.17) is 0 Å². The zero-order valence-corrected chi connectivity index (χ0v) is 7.86. The van der Waals surface area contributed by atoms with E-state index in [0.29, 0.717) is 5.78 Å². The van der Waals surface area contributed by atoms with Gasteiger partial charge < -0.3 is 0 Å². The maximum Gasteiger partial charge on any atom is 0.146 e. The van der Waals surface area contributed by atoms with Crippen molar-refractivity contribution in [1.29, 1.82) is 0 Å². The van der Waals surface area contributed by atoms with Crippen molar-refractivity contribution in [3.8, 4) is 0 Å². The summed E-state index contributed by atoms with van der Waals surface area (Å²) in [5.41, 5.74) is 0. The lowest BCUT2D eigenvalue weighted by molar-refractivity contribution is -0.120. The lowest BCUT2D eigenvalue weighted by Gasteiger charge is -2.23. The molecular weight excluding hydrogens is 192 g/mol. The molecule has 0 bridgehead atoms. The van der Waals surface area contributed by atoms with Crippen LogP contribution in [0.15, 0.2) is 0 Å². The van der Waals surface area contributed by atoms with Crippen LogP contribution in [0.1, 0.15) is 32.6 Å². The molecule has 1 saturated carbocycles. The molecule has 0 aromatic rings. The summed E-state index contributed by atoms with van der Waals surface area (Å²) in [5.74, 6) is 1.17. The highest BCUT2D eigenvalue weighted by atomic mass is 79.9. The normalized spacial score (nSPS) is 34.4. The molecule has 10 heavy (non-hydrogen) atoms. The topological polar surface area (TPSA) is 17.1 Å². The van der Waals surface area contributed by atoms with Gasteiger partial charge in [-0.25, -0.2) is 0 Å². The summed E-state index contributed by atoms with van der Waals surface area (Å²) in [5, 5.41) is 0. The SMILES string of the molecule is CCC1CCC(=O)C(Br)C1. The average molecular weight is 205 g/mol. The van der Waals surface area contributed by atoms with E-state index in [9.17, 15) is 4.79 Å². The molecule has 1 aliphatic carbocycles. The Morgan fingerprint density at radius 1 is 1.70 bits per heavy atom. The van der Waals surface area contributed by atoms with Crippen molar-refractivity contribution >= 4 is 21.7 Å². The average Bonchev–Trinajstić information content (AvgIpc) is 1.95. The molecule has 2 atom stereocenters. The van der Waals surface area contributed by atoms with Crippen molar-refractivity contribution in [2.45, 2.75) is 37.4 Å². The van der Waals surface area contributed by atoms with Gasteiger partial charge in [0.2, 0.25) is 0 Å². The van der Waals surface area contributed by atoms with Crippen LogP contribution < -0.4 is 0 Å². The van der Waals surface area contributed by atoms with Crippen LogP contribution in [0.2, 0.25) is 0 Å². The molecule has 1 aliphatic rings. The zero-order chi connectivity index (χ0) is 7.56. The number of carbonyl (C=O) groups is 1. The largest absolute Gasteiger partial charge is 0.298 e. The summed E-state index contributed by atoms with van der Waals surface area (Å²) in [6, 6.07) is 0. The second kappa shape index (κ2) is 3.51. The summed E-state index contributed by atoms with van der Waals surface area (Å²) in [4.78, 5) is 11.2. The Balaban J connectivity index is 2.40. The Bertz CT molecular complexity index is 133. The van der Waals surface area contributed by atoms with Crippen LogP contribution in [0.5, 0.6) is 0 Å². The van der Waals surface area contributed by atoms with Gasteiger partial charge in [0.05, 0.1) is 4.83 Å². The van der Waals surface area contributed by atoms with Gasteiger partial charge >= 0.3 is 0 Å². The monoisotopic (exact) mass is 204 g/mol. The van der Waals surface area contributed by atoms with E-state index < -0.39 is 0 Å². The third-order valence-electron chi connectivity index (χ3n) is 2.27. The van der Waals surface area contributed by atoms with Crippen LogP contribution in [0.3, 0.4) is 0 Å². The van der Waals surface area contributed by atoms with E-state index in [1.807, 2.05) is 0 Å². The van der Waals surface area contributed by atoms with Crippen molar-refractivity contribution in [1.82, 2.24) is 0 Å². The maximum atomic E-state index is 11.0. The van der Waals surface area contributed by atoms with Crippen molar-refractivity contribution in [3.63, 3.8) is 0 Å². The molecule has 0 saturated heterocycles. The molecule has 58 valence electrons.